The minimum atomic E-state index is -0.259. The monoisotopic (exact) mass is 532 g/mol. The van der Waals surface area contributed by atoms with Crippen LogP contribution in [0.3, 0.4) is 0 Å². The zero-order chi connectivity index (χ0) is 20.6. The topological polar surface area (TPSA) is 80.9 Å². The molecule has 0 saturated carbocycles. The molecule has 8 atom stereocenters. The largest absolute Gasteiger partial charge is 0.396 e. The van der Waals surface area contributed by atoms with Crippen molar-refractivity contribution in [3.8, 4) is 0 Å². The van der Waals surface area contributed by atoms with Crippen molar-refractivity contribution < 1.29 is 41.5 Å². The molecule has 0 fully saturated rings. The maximum atomic E-state index is 8.57. The van der Waals surface area contributed by atoms with Crippen LogP contribution in [0.4, 0.5) is 0 Å². The van der Waals surface area contributed by atoms with Gasteiger partial charge in [-0.2, -0.15) is 0 Å². The second-order valence-corrected chi connectivity index (χ2v) is 6.87. The fourth-order valence-corrected chi connectivity index (χ4v) is 0. The first-order valence-corrected chi connectivity index (χ1v) is 8.62. The fourth-order valence-electron chi connectivity index (χ4n) is 0. The van der Waals surface area contributed by atoms with Gasteiger partial charge < -0.3 is 48.1 Å². The molecule has 0 radical (unpaired) electrons. The first-order valence-electron chi connectivity index (χ1n) is 8.62. The van der Waals surface area contributed by atoms with Crippen LogP contribution in [0, 0.1) is 51.4 Å². The van der Waals surface area contributed by atoms with Gasteiger partial charge >= 0.3 is 0 Å². The zero-order valence-corrected chi connectivity index (χ0v) is 20.6. The van der Waals surface area contributed by atoms with Crippen LogP contribution in [0.5, 0.6) is 0 Å². The summed E-state index contributed by atoms with van der Waals surface area (Å²) in [5, 5.41) is 34.3. The average molecular weight is 532 g/mol. The Morgan fingerprint density at radius 2 is 0.440 bits per heavy atom. The van der Waals surface area contributed by atoms with E-state index >= 15 is 0 Å². The van der Waals surface area contributed by atoms with E-state index in [1.54, 1.807) is 27.7 Å². The summed E-state index contributed by atoms with van der Waals surface area (Å²) in [5.41, 5.74) is 0. The standard InChI is InChI=1S/4C5H11O.W/c4*1-4(2)5(3)6;/h4*4-6H,1H2,2-3H3;/q4*-1;. The van der Waals surface area contributed by atoms with Crippen LogP contribution >= 0.6 is 0 Å². The van der Waals surface area contributed by atoms with Crippen LogP contribution in [0.25, 0.3) is 0 Å². The van der Waals surface area contributed by atoms with Gasteiger partial charge in [0, 0.05) is 45.5 Å². The van der Waals surface area contributed by atoms with Crippen LogP contribution in [0.1, 0.15) is 55.4 Å². The van der Waals surface area contributed by atoms with Crippen molar-refractivity contribution >= 4 is 0 Å². The van der Waals surface area contributed by atoms with Crippen LogP contribution in [-0.4, -0.2) is 44.8 Å². The molecule has 0 aliphatic rings. The Kier molecular flexibility index (Phi) is 32.9. The molecule has 0 saturated heterocycles. The van der Waals surface area contributed by atoms with Crippen LogP contribution in [-0.2, 0) is 21.1 Å². The third-order valence-electron chi connectivity index (χ3n) is 3.29. The summed E-state index contributed by atoms with van der Waals surface area (Å²) in [6, 6.07) is 0. The molecule has 0 aliphatic carbocycles. The Hall–Kier alpha value is 0.528. The first kappa shape index (κ1) is 36.4. The molecule has 0 rings (SSSR count). The van der Waals surface area contributed by atoms with Crippen molar-refractivity contribution in [3.05, 3.63) is 27.7 Å². The third-order valence-corrected chi connectivity index (χ3v) is 3.29. The molecule has 25 heavy (non-hydrogen) atoms. The Bertz CT molecular complexity index is 154. The second kappa shape index (κ2) is 22.6. The summed E-state index contributed by atoms with van der Waals surface area (Å²) >= 11 is 0. The van der Waals surface area contributed by atoms with Gasteiger partial charge in [0.25, 0.3) is 0 Å². The molecular formula is C20H44O4W-4. The first-order chi connectivity index (χ1) is 10.6. The predicted molar refractivity (Wildman–Crippen MR) is 105 cm³/mol. The second-order valence-electron chi connectivity index (χ2n) is 6.87. The van der Waals surface area contributed by atoms with E-state index in [1.807, 2.05) is 27.7 Å². The Morgan fingerprint density at radius 3 is 0.440 bits per heavy atom. The van der Waals surface area contributed by atoms with Crippen molar-refractivity contribution in [1.82, 2.24) is 0 Å². The van der Waals surface area contributed by atoms with Gasteiger partial charge in [-0.1, -0.05) is 27.7 Å². The molecule has 158 valence electrons. The number of aliphatic hydroxyl groups excluding tert-OH is 4. The summed E-state index contributed by atoms with van der Waals surface area (Å²) < 4.78 is 0. The number of hydrogen-bond acceptors (Lipinski definition) is 4. The molecule has 0 spiro atoms. The van der Waals surface area contributed by atoms with Gasteiger partial charge in [-0.3, -0.25) is 0 Å². The third kappa shape index (κ3) is 45.6. The van der Waals surface area contributed by atoms with E-state index in [-0.39, 0.29) is 69.2 Å². The summed E-state index contributed by atoms with van der Waals surface area (Å²) in [5.74, 6) is 0.630. The Labute approximate surface area is 172 Å². The fraction of sp³-hybridized carbons (Fsp3) is 0.800. The molecule has 4 nitrogen and oxygen atoms in total. The summed E-state index contributed by atoms with van der Waals surface area (Å²) in [6.07, 6.45) is -1.04. The van der Waals surface area contributed by atoms with Crippen molar-refractivity contribution in [2.24, 2.45) is 23.7 Å². The van der Waals surface area contributed by atoms with E-state index in [0.717, 1.165) is 0 Å². The summed E-state index contributed by atoms with van der Waals surface area (Å²) in [7, 11) is 0. The molecule has 0 amide bonds. The smallest absolute Gasteiger partial charge is 0.0266 e. The van der Waals surface area contributed by atoms with Crippen molar-refractivity contribution in [1.29, 1.82) is 0 Å². The number of hydrogen-bond donors (Lipinski definition) is 4. The van der Waals surface area contributed by atoms with Gasteiger partial charge in [0.15, 0.2) is 0 Å². The maximum absolute atomic E-state index is 8.57. The van der Waals surface area contributed by atoms with Crippen molar-refractivity contribution in [2.45, 2.75) is 79.8 Å². The van der Waals surface area contributed by atoms with Gasteiger partial charge in [-0.05, 0) is 27.7 Å². The molecule has 0 aromatic heterocycles. The SMILES string of the molecule is [CH2-]C(C)C(C)O.[CH2-]C(C)C(C)O.[CH2-]C(C)C(C)O.[CH2-]C(C)C(C)O.[W]. The molecule has 8 unspecified atom stereocenters. The van der Waals surface area contributed by atoms with E-state index in [2.05, 4.69) is 27.7 Å². The minimum Gasteiger partial charge on any atom is -0.396 e. The average Bonchev–Trinajstić information content (AvgIpc) is 2.40. The van der Waals surface area contributed by atoms with Crippen LogP contribution < -0.4 is 0 Å². The maximum Gasteiger partial charge on any atom is 0.0266 e. The van der Waals surface area contributed by atoms with Gasteiger partial charge in [0.1, 0.15) is 0 Å². The Morgan fingerprint density at radius 1 is 0.400 bits per heavy atom. The molecule has 0 aromatic rings. The summed E-state index contributed by atoms with van der Waals surface area (Å²) in [4.78, 5) is 0. The van der Waals surface area contributed by atoms with E-state index in [1.165, 1.54) is 0 Å². The minimum absolute atomic E-state index is 0. The molecule has 0 heterocycles. The molecule has 0 aromatic carbocycles. The van der Waals surface area contributed by atoms with E-state index in [9.17, 15) is 0 Å². The van der Waals surface area contributed by atoms with Crippen LogP contribution in [0.2, 0.25) is 0 Å². The van der Waals surface area contributed by atoms with Crippen LogP contribution in [0.15, 0.2) is 0 Å². The van der Waals surface area contributed by atoms with Gasteiger partial charge in [0.05, 0.1) is 0 Å². The quantitative estimate of drug-likeness (QED) is 0.419. The van der Waals surface area contributed by atoms with Crippen molar-refractivity contribution in [3.63, 3.8) is 0 Å². The molecule has 4 N–H and O–H groups in total. The molecule has 5 heteroatoms. The van der Waals surface area contributed by atoms with Gasteiger partial charge in [-0.25, -0.2) is 0 Å². The predicted octanol–water partition coefficient (Wildman–Crippen LogP) is 3.35. The molecular weight excluding hydrogens is 488 g/mol. The Balaban J connectivity index is -0.0000000702. The number of aliphatic hydroxyl groups is 4. The summed E-state index contributed by atoms with van der Waals surface area (Å²) in [6.45, 7) is 28.8. The molecule has 0 aliphatic heterocycles. The van der Waals surface area contributed by atoms with Gasteiger partial charge in [0.2, 0.25) is 0 Å². The van der Waals surface area contributed by atoms with E-state index < -0.39 is 0 Å². The van der Waals surface area contributed by atoms with Crippen molar-refractivity contribution in [2.75, 3.05) is 0 Å². The van der Waals surface area contributed by atoms with E-state index in [4.69, 9.17) is 20.4 Å². The zero-order valence-electron chi connectivity index (χ0n) is 17.6. The van der Waals surface area contributed by atoms with Gasteiger partial charge in [-0.15, -0.1) is 23.7 Å². The number of rotatable bonds is 4. The molecule has 0 bridgehead atoms. The van der Waals surface area contributed by atoms with E-state index in [0.29, 0.717) is 0 Å². The normalized spacial score (nSPS) is 19.2.